The van der Waals surface area contributed by atoms with Gasteiger partial charge in [0, 0.05) is 17.7 Å². The van der Waals surface area contributed by atoms with Crippen LogP contribution in [0.3, 0.4) is 0 Å². The molecule has 0 unspecified atom stereocenters. The van der Waals surface area contributed by atoms with E-state index < -0.39 is 11.7 Å². The lowest BCUT2D eigenvalue weighted by molar-refractivity contribution is 0.0534. The van der Waals surface area contributed by atoms with E-state index in [-0.39, 0.29) is 5.82 Å². The Balaban J connectivity index is 1.95. The fourth-order valence-corrected chi connectivity index (χ4v) is 1.91. The predicted molar refractivity (Wildman–Crippen MR) is 87.3 cm³/mol. The van der Waals surface area contributed by atoms with Crippen LogP contribution in [0, 0.1) is 5.82 Å². The minimum Gasteiger partial charge on any atom is -0.444 e. The molecule has 0 radical (unpaired) electrons. The van der Waals surface area contributed by atoms with E-state index in [0.717, 1.165) is 16.8 Å². The van der Waals surface area contributed by atoms with Gasteiger partial charge in [0.25, 0.3) is 0 Å². The Labute approximate surface area is 134 Å². The normalized spacial score (nSPS) is 11.7. The molecule has 1 aromatic heterocycles. The third kappa shape index (κ3) is 5.25. The maximum absolute atomic E-state index is 13.0. The number of rotatable bonds is 4. The second-order valence-corrected chi connectivity index (χ2v) is 5.99. The highest BCUT2D eigenvalue weighted by atomic mass is 19.1. The molecule has 0 aliphatic heterocycles. The van der Waals surface area contributed by atoms with Gasteiger partial charge in [0.1, 0.15) is 11.4 Å². The smallest absolute Gasteiger partial charge is 0.407 e. The van der Waals surface area contributed by atoms with Gasteiger partial charge in [0.2, 0.25) is 0 Å². The van der Waals surface area contributed by atoms with Gasteiger partial charge >= 0.3 is 6.09 Å². The molecule has 0 saturated heterocycles. The topological polar surface area (TPSA) is 67.0 Å². The van der Waals surface area contributed by atoms with Crippen LogP contribution >= 0.6 is 0 Å². The van der Waals surface area contributed by atoms with Crippen LogP contribution in [0.5, 0.6) is 0 Å². The van der Waals surface area contributed by atoms with Crippen LogP contribution in [-0.4, -0.2) is 28.4 Å². The van der Waals surface area contributed by atoms with Crippen molar-refractivity contribution in [2.24, 2.45) is 0 Å². The Hall–Kier alpha value is -2.63. The second kappa shape index (κ2) is 7.09. The first kappa shape index (κ1) is 16.7. The molecule has 122 valence electrons. The lowest BCUT2D eigenvalue weighted by Crippen LogP contribution is -2.32. The number of ether oxygens (including phenoxy) is 1. The van der Waals surface area contributed by atoms with Crippen molar-refractivity contribution in [2.75, 3.05) is 6.54 Å². The summed E-state index contributed by atoms with van der Waals surface area (Å²) in [4.78, 5) is 11.5. The highest BCUT2D eigenvalue weighted by Gasteiger charge is 2.15. The fraction of sp³-hybridized carbons (Fsp3) is 0.294. The molecular formula is C17H20FN3O2. The van der Waals surface area contributed by atoms with Crippen LogP contribution in [0.2, 0.25) is 0 Å². The van der Waals surface area contributed by atoms with Crippen molar-refractivity contribution in [1.82, 2.24) is 15.5 Å². The van der Waals surface area contributed by atoms with Crippen molar-refractivity contribution in [3.8, 4) is 11.3 Å². The number of hydrogen-bond acceptors (Lipinski definition) is 3. The zero-order valence-corrected chi connectivity index (χ0v) is 13.4. The van der Waals surface area contributed by atoms with Crippen molar-refractivity contribution in [3.05, 3.63) is 47.9 Å². The molecule has 6 heteroatoms. The summed E-state index contributed by atoms with van der Waals surface area (Å²) in [6.07, 6.45) is 4.83. The summed E-state index contributed by atoms with van der Waals surface area (Å²) in [6.45, 7) is 5.76. The minimum atomic E-state index is -0.520. The van der Waals surface area contributed by atoms with Crippen molar-refractivity contribution in [3.63, 3.8) is 0 Å². The van der Waals surface area contributed by atoms with E-state index in [1.165, 1.54) is 12.1 Å². The van der Waals surface area contributed by atoms with Crippen LogP contribution < -0.4 is 5.32 Å². The number of carbonyl (C=O) groups excluding carboxylic acids is 1. The number of carbonyl (C=O) groups is 1. The van der Waals surface area contributed by atoms with Gasteiger partial charge in [0.15, 0.2) is 0 Å². The Morgan fingerprint density at radius 2 is 2.04 bits per heavy atom. The summed E-state index contributed by atoms with van der Waals surface area (Å²) in [6, 6.07) is 6.15. The Bertz CT molecular complexity index is 685. The van der Waals surface area contributed by atoms with Gasteiger partial charge < -0.3 is 10.1 Å². The van der Waals surface area contributed by atoms with Crippen molar-refractivity contribution >= 4 is 12.2 Å². The largest absolute Gasteiger partial charge is 0.444 e. The highest BCUT2D eigenvalue weighted by Crippen LogP contribution is 2.22. The quantitative estimate of drug-likeness (QED) is 0.902. The summed E-state index contributed by atoms with van der Waals surface area (Å²) in [5.74, 6) is -0.285. The van der Waals surface area contributed by atoms with Crippen LogP contribution in [-0.2, 0) is 4.74 Å². The number of aromatic amines is 1. The zero-order chi connectivity index (χ0) is 16.9. The molecule has 0 bridgehead atoms. The molecule has 0 aliphatic rings. The summed E-state index contributed by atoms with van der Waals surface area (Å²) >= 11 is 0. The van der Waals surface area contributed by atoms with Gasteiger partial charge in [-0.1, -0.05) is 12.2 Å². The van der Waals surface area contributed by atoms with Gasteiger partial charge in [-0.3, -0.25) is 5.10 Å². The molecule has 1 heterocycles. The maximum atomic E-state index is 13.0. The highest BCUT2D eigenvalue weighted by molar-refractivity contribution is 5.72. The van der Waals surface area contributed by atoms with Crippen molar-refractivity contribution in [1.29, 1.82) is 0 Å². The lowest BCUT2D eigenvalue weighted by atomic mass is 10.1. The van der Waals surface area contributed by atoms with E-state index in [0.29, 0.717) is 6.54 Å². The van der Waals surface area contributed by atoms with E-state index in [1.54, 1.807) is 24.4 Å². The maximum Gasteiger partial charge on any atom is 0.407 e. The molecule has 0 aliphatic carbocycles. The van der Waals surface area contributed by atoms with Crippen molar-refractivity contribution in [2.45, 2.75) is 26.4 Å². The number of halogens is 1. The van der Waals surface area contributed by atoms with Crippen LogP contribution in [0.1, 0.15) is 26.3 Å². The van der Waals surface area contributed by atoms with E-state index >= 15 is 0 Å². The molecule has 0 fully saturated rings. The molecule has 0 saturated carbocycles. The SMILES string of the molecule is CC(C)(C)OC(=O)NCC=Cc1cn[nH]c1-c1ccc(F)cc1. The molecule has 5 nitrogen and oxygen atoms in total. The number of hydrogen-bond donors (Lipinski definition) is 2. The summed E-state index contributed by atoms with van der Waals surface area (Å²) in [5, 5.41) is 9.53. The monoisotopic (exact) mass is 317 g/mol. The van der Waals surface area contributed by atoms with Crippen LogP contribution in [0.4, 0.5) is 9.18 Å². The Morgan fingerprint density at radius 3 is 2.70 bits per heavy atom. The summed E-state index contributed by atoms with van der Waals surface area (Å²) < 4.78 is 18.1. The van der Waals surface area contributed by atoms with Gasteiger partial charge in [-0.25, -0.2) is 9.18 Å². The third-order valence-electron chi connectivity index (χ3n) is 2.86. The van der Waals surface area contributed by atoms with E-state index in [1.807, 2.05) is 26.8 Å². The molecule has 1 amide bonds. The standard InChI is InChI=1S/C17H20FN3O2/c1-17(2,3)23-16(22)19-10-4-5-13-11-20-21-15(13)12-6-8-14(18)9-7-12/h4-9,11H,10H2,1-3H3,(H,19,22)(H,20,21). The number of amides is 1. The summed E-state index contributed by atoms with van der Waals surface area (Å²) in [5.41, 5.74) is 1.96. The number of benzene rings is 1. The van der Waals surface area contributed by atoms with E-state index in [9.17, 15) is 9.18 Å². The number of nitrogens with one attached hydrogen (secondary N) is 2. The Morgan fingerprint density at radius 1 is 1.35 bits per heavy atom. The molecule has 23 heavy (non-hydrogen) atoms. The molecule has 2 N–H and O–H groups in total. The lowest BCUT2D eigenvalue weighted by Gasteiger charge is -2.19. The van der Waals surface area contributed by atoms with Gasteiger partial charge in [0.05, 0.1) is 11.9 Å². The van der Waals surface area contributed by atoms with Gasteiger partial charge in [-0.15, -0.1) is 0 Å². The third-order valence-corrected chi connectivity index (χ3v) is 2.86. The zero-order valence-electron chi connectivity index (χ0n) is 13.4. The number of aromatic nitrogens is 2. The predicted octanol–water partition coefficient (Wildman–Crippen LogP) is 3.75. The Kier molecular flexibility index (Phi) is 5.16. The average molecular weight is 317 g/mol. The summed E-state index contributed by atoms with van der Waals surface area (Å²) in [7, 11) is 0. The number of nitrogens with zero attached hydrogens (tertiary/aromatic N) is 1. The fourth-order valence-electron chi connectivity index (χ4n) is 1.91. The molecular weight excluding hydrogens is 297 g/mol. The first-order valence-electron chi connectivity index (χ1n) is 7.28. The van der Waals surface area contributed by atoms with Crippen LogP contribution in [0.25, 0.3) is 17.3 Å². The first-order chi connectivity index (χ1) is 10.8. The molecule has 0 spiro atoms. The molecule has 2 rings (SSSR count). The number of alkyl carbamates (subject to hydrolysis) is 1. The van der Waals surface area contributed by atoms with Gasteiger partial charge in [-0.2, -0.15) is 5.10 Å². The van der Waals surface area contributed by atoms with E-state index in [4.69, 9.17) is 4.74 Å². The van der Waals surface area contributed by atoms with E-state index in [2.05, 4.69) is 15.5 Å². The first-order valence-corrected chi connectivity index (χ1v) is 7.28. The molecule has 1 aromatic carbocycles. The van der Waals surface area contributed by atoms with Crippen LogP contribution in [0.15, 0.2) is 36.5 Å². The van der Waals surface area contributed by atoms with Gasteiger partial charge in [-0.05, 0) is 45.0 Å². The average Bonchev–Trinajstić information content (AvgIpc) is 2.91. The van der Waals surface area contributed by atoms with Crippen molar-refractivity contribution < 1.29 is 13.9 Å². The molecule has 0 atom stereocenters. The minimum absolute atomic E-state index is 0.285. The number of H-pyrrole nitrogens is 1. The molecule has 2 aromatic rings. The second-order valence-electron chi connectivity index (χ2n) is 5.99.